The third-order valence-electron chi connectivity index (χ3n) is 2.01. The van der Waals surface area contributed by atoms with Gasteiger partial charge in [0.05, 0.1) is 23.8 Å². The summed E-state index contributed by atoms with van der Waals surface area (Å²) in [6, 6.07) is 7.22. The topological polar surface area (TPSA) is 52.0 Å². The third kappa shape index (κ3) is 1.31. The van der Waals surface area contributed by atoms with Crippen LogP contribution in [0.25, 0.3) is 11.0 Å². The number of hydrogen-bond donors (Lipinski definition) is 0. The average molecular weight is 188 g/mol. The fraction of sp³-hybridized carbons (Fsp3) is 0.100. The van der Waals surface area contributed by atoms with Gasteiger partial charge in [-0.3, -0.25) is 9.36 Å². The van der Waals surface area contributed by atoms with Gasteiger partial charge in [-0.1, -0.05) is 12.1 Å². The first-order valence-electron chi connectivity index (χ1n) is 4.21. The first-order valence-corrected chi connectivity index (χ1v) is 4.21. The largest absolute Gasteiger partial charge is 0.301 e. The van der Waals surface area contributed by atoms with E-state index >= 15 is 0 Å². The van der Waals surface area contributed by atoms with Crippen LogP contribution < -0.4 is 5.56 Å². The van der Waals surface area contributed by atoms with E-state index in [9.17, 15) is 9.59 Å². The molecule has 0 N–H and O–H groups in total. The molecule has 14 heavy (non-hydrogen) atoms. The lowest BCUT2D eigenvalue weighted by Crippen LogP contribution is -2.20. The molecular formula is C10H8N2O2. The van der Waals surface area contributed by atoms with E-state index in [-0.39, 0.29) is 12.1 Å². The highest BCUT2D eigenvalue weighted by atomic mass is 16.1. The van der Waals surface area contributed by atoms with Crippen LogP contribution in [0, 0.1) is 0 Å². The van der Waals surface area contributed by atoms with E-state index in [4.69, 9.17) is 0 Å². The summed E-state index contributed by atoms with van der Waals surface area (Å²) >= 11 is 0. The smallest absolute Gasteiger partial charge is 0.269 e. The Morgan fingerprint density at radius 2 is 2.14 bits per heavy atom. The first-order chi connectivity index (χ1) is 6.83. The second kappa shape index (κ2) is 3.41. The van der Waals surface area contributed by atoms with Gasteiger partial charge in [-0.05, 0) is 12.1 Å². The number of carbonyl (C=O) groups is 1. The van der Waals surface area contributed by atoms with Crippen LogP contribution in [0.5, 0.6) is 0 Å². The van der Waals surface area contributed by atoms with Crippen molar-refractivity contribution < 1.29 is 4.79 Å². The molecule has 4 nitrogen and oxygen atoms in total. The van der Waals surface area contributed by atoms with E-state index in [0.717, 1.165) is 0 Å². The van der Waals surface area contributed by atoms with E-state index in [1.165, 1.54) is 10.8 Å². The Morgan fingerprint density at radius 1 is 1.36 bits per heavy atom. The molecular weight excluding hydrogens is 180 g/mol. The Hall–Kier alpha value is -1.97. The van der Waals surface area contributed by atoms with Crippen LogP contribution in [0.1, 0.15) is 0 Å². The molecule has 0 amide bonds. The number of hydrogen-bond acceptors (Lipinski definition) is 3. The van der Waals surface area contributed by atoms with Crippen molar-refractivity contribution in [3.8, 4) is 0 Å². The molecule has 0 aliphatic heterocycles. The zero-order valence-corrected chi connectivity index (χ0v) is 7.38. The summed E-state index contributed by atoms with van der Waals surface area (Å²) in [5, 5.41) is 0. The van der Waals surface area contributed by atoms with E-state index in [2.05, 4.69) is 4.98 Å². The van der Waals surface area contributed by atoms with Crippen LogP contribution in [-0.4, -0.2) is 15.8 Å². The molecule has 70 valence electrons. The zero-order valence-electron chi connectivity index (χ0n) is 7.38. The maximum atomic E-state index is 11.4. The molecule has 2 aromatic rings. The number of fused-ring (bicyclic) bond motifs is 1. The molecule has 1 aromatic carbocycles. The lowest BCUT2D eigenvalue weighted by atomic mass is 10.3. The van der Waals surface area contributed by atoms with Gasteiger partial charge in [0.25, 0.3) is 5.56 Å². The Bertz CT molecular complexity index is 531. The van der Waals surface area contributed by atoms with Crippen molar-refractivity contribution in [3.05, 3.63) is 40.8 Å². The number of carbonyl (C=O) groups excluding carboxylic acids is 1. The highest BCUT2D eigenvalue weighted by Crippen LogP contribution is 2.07. The quantitative estimate of drug-likeness (QED) is 0.648. The van der Waals surface area contributed by atoms with E-state index in [1.807, 2.05) is 12.1 Å². The number of aldehydes is 1. The molecule has 0 saturated heterocycles. The molecule has 0 spiro atoms. The fourth-order valence-electron chi connectivity index (χ4n) is 1.38. The number of aromatic nitrogens is 2. The molecule has 0 fully saturated rings. The van der Waals surface area contributed by atoms with Crippen LogP contribution in [0.15, 0.2) is 35.3 Å². The van der Waals surface area contributed by atoms with Gasteiger partial charge in [0.1, 0.15) is 6.29 Å². The standard InChI is InChI=1S/C10H8N2O2/c13-6-5-12-9-4-2-1-3-8(9)11-7-10(12)14/h1-4,6-7H,5H2. The van der Waals surface area contributed by atoms with Crippen molar-refractivity contribution in [1.82, 2.24) is 9.55 Å². The van der Waals surface area contributed by atoms with Crippen molar-refractivity contribution in [2.45, 2.75) is 6.54 Å². The van der Waals surface area contributed by atoms with Crippen LogP contribution >= 0.6 is 0 Å². The van der Waals surface area contributed by atoms with Crippen LogP contribution in [0.3, 0.4) is 0 Å². The predicted octanol–water partition coefficient (Wildman–Crippen LogP) is 0.595. The third-order valence-corrected chi connectivity index (χ3v) is 2.01. The molecule has 4 heteroatoms. The number of nitrogens with zero attached hydrogens (tertiary/aromatic N) is 2. The molecule has 2 rings (SSSR count). The maximum absolute atomic E-state index is 11.4. The monoisotopic (exact) mass is 188 g/mol. The second-order valence-electron chi connectivity index (χ2n) is 2.86. The molecule has 0 aliphatic carbocycles. The summed E-state index contributed by atoms with van der Waals surface area (Å²) in [5.74, 6) is 0. The van der Waals surface area contributed by atoms with E-state index in [0.29, 0.717) is 17.3 Å². The summed E-state index contributed by atoms with van der Waals surface area (Å²) in [4.78, 5) is 25.7. The SMILES string of the molecule is O=CCn1c(=O)cnc2ccccc21. The summed E-state index contributed by atoms with van der Waals surface area (Å²) < 4.78 is 1.40. The summed E-state index contributed by atoms with van der Waals surface area (Å²) in [6.07, 6.45) is 1.93. The van der Waals surface area contributed by atoms with Crippen molar-refractivity contribution in [1.29, 1.82) is 0 Å². The minimum Gasteiger partial charge on any atom is -0.301 e. The molecule has 0 bridgehead atoms. The molecule has 0 unspecified atom stereocenters. The van der Waals surface area contributed by atoms with E-state index in [1.54, 1.807) is 12.1 Å². The summed E-state index contributed by atoms with van der Waals surface area (Å²) in [5.41, 5.74) is 1.15. The first kappa shape index (κ1) is 8.62. The molecule has 0 saturated carbocycles. The van der Waals surface area contributed by atoms with Gasteiger partial charge >= 0.3 is 0 Å². The highest BCUT2D eigenvalue weighted by molar-refractivity contribution is 5.75. The Labute approximate surface area is 79.8 Å². The fourth-order valence-corrected chi connectivity index (χ4v) is 1.38. The lowest BCUT2D eigenvalue weighted by Gasteiger charge is -2.04. The number of benzene rings is 1. The van der Waals surface area contributed by atoms with Crippen molar-refractivity contribution in [2.24, 2.45) is 0 Å². The normalized spacial score (nSPS) is 10.3. The molecule has 1 heterocycles. The van der Waals surface area contributed by atoms with Crippen LogP contribution in [0.4, 0.5) is 0 Å². The van der Waals surface area contributed by atoms with Crippen LogP contribution in [0.2, 0.25) is 0 Å². The van der Waals surface area contributed by atoms with Gasteiger partial charge in [-0.25, -0.2) is 4.98 Å². The molecule has 1 aromatic heterocycles. The minimum absolute atomic E-state index is 0.0713. The molecule has 0 aliphatic rings. The lowest BCUT2D eigenvalue weighted by molar-refractivity contribution is -0.108. The maximum Gasteiger partial charge on any atom is 0.269 e. The van der Waals surface area contributed by atoms with Gasteiger partial charge in [-0.2, -0.15) is 0 Å². The number of rotatable bonds is 2. The zero-order chi connectivity index (χ0) is 9.97. The van der Waals surface area contributed by atoms with Gasteiger partial charge in [0.15, 0.2) is 0 Å². The minimum atomic E-state index is -0.254. The summed E-state index contributed by atoms with van der Waals surface area (Å²) in [6.45, 7) is 0.0713. The van der Waals surface area contributed by atoms with Gasteiger partial charge in [0.2, 0.25) is 0 Å². The summed E-state index contributed by atoms with van der Waals surface area (Å²) in [7, 11) is 0. The molecule has 0 radical (unpaired) electrons. The van der Waals surface area contributed by atoms with Crippen molar-refractivity contribution >= 4 is 17.3 Å². The van der Waals surface area contributed by atoms with Gasteiger partial charge < -0.3 is 4.79 Å². The van der Waals surface area contributed by atoms with Crippen molar-refractivity contribution in [3.63, 3.8) is 0 Å². The molecule has 0 atom stereocenters. The van der Waals surface area contributed by atoms with Gasteiger partial charge in [-0.15, -0.1) is 0 Å². The predicted molar refractivity (Wildman–Crippen MR) is 52.1 cm³/mol. The number of para-hydroxylation sites is 2. The van der Waals surface area contributed by atoms with Crippen molar-refractivity contribution in [2.75, 3.05) is 0 Å². The Morgan fingerprint density at radius 3 is 2.93 bits per heavy atom. The Kier molecular flexibility index (Phi) is 2.10. The second-order valence-corrected chi connectivity index (χ2v) is 2.86. The average Bonchev–Trinajstić information content (AvgIpc) is 2.23. The Balaban J connectivity index is 2.82. The van der Waals surface area contributed by atoms with E-state index < -0.39 is 0 Å². The highest BCUT2D eigenvalue weighted by Gasteiger charge is 2.01. The van der Waals surface area contributed by atoms with Gasteiger partial charge in [0, 0.05) is 0 Å². The van der Waals surface area contributed by atoms with Crippen LogP contribution in [-0.2, 0) is 11.3 Å².